The summed E-state index contributed by atoms with van der Waals surface area (Å²) in [6, 6.07) is 0. The molecule has 8 aliphatic carbocycles. The van der Waals surface area contributed by atoms with Crippen LogP contribution in [0.4, 0.5) is 0 Å². The van der Waals surface area contributed by atoms with Crippen molar-refractivity contribution in [2.24, 2.45) is 46.8 Å². The lowest BCUT2D eigenvalue weighted by Gasteiger charge is -2.75. The van der Waals surface area contributed by atoms with E-state index in [4.69, 9.17) is 11.6 Å². The van der Waals surface area contributed by atoms with E-state index in [1.165, 1.54) is 19.3 Å². The molecule has 8 fully saturated rings. The van der Waals surface area contributed by atoms with Crippen LogP contribution in [-0.2, 0) is 0 Å². The average molecular weight is 291 g/mol. The van der Waals surface area contributed by atoms with Gasteiger partial charge in [-0.15, -0.1) is 11.6 Å². The summed E-state index contributed by atoms with van der Waals surface area (Å²) in [4.78, 5) is 0.240. The molecule has 0 heterocycles. The Morgan fingerprint density at radius 2 is 0.950 bits per heavy atom. The Labute approximate surface area is 128 Å². The molecule has 0 aromatic carbocycles. The molecular formula is C19H27Cl. The van der Waals surface area contributed by atoms with Crippen molar-refractivity contribution in [2.45, 2.75) is 69.1 Å². The molecule has 0 aliphatic heterocycles. The third kappa shape index (κ3) is 1.14. The van der Waals surface area contributed by atoms with Crippen LogP contribution in [0.1, 0.15) is 64.2 Å². The van der Waals surface area contributed by atoms with Crippen LogP contribution in [0.25, 0.3) is 0 Å². The van der Waals surface area contributed by atoms with Crippen molar-refractivity contribution < 1.29 is 0 Å². The van der Waals surface area contributed by atoms with E-state index in [1.807, 2.05) is 0 Å². The van der Waals surface area contributed by atoms with Crippen molar-refractivity contribution >= 4 is 11.6 Å². The molecule has 0 aromatic heterocycles. The minimum absolute atomic E-state index is 0.240. The molecule has 0 N–H and O–H groups in total. The zero-order valence-electron chi connectivity index (χ0n) is 12.5. The van der Waals surface area contributed by atoms with E-state index in [9.17, 15) is 0 Å². The van der Waals surface area contributed by atoms with Gasteiger partial charge in [-0.2, -0.15) is 0 Å². The second kappa shape index (κ2) is 3.44. The van der Waals surface area contributed by atoms with Crippen molar-refractivity contribution in [1.82, 2.24) is 0 Å². The molecule has 8 rings (SSSR count). The zero-order chi connectivity index (χ0) is 13.1. The highest BCUT2D eigenvalue weighted by Crippen LogP contribution is 2.78. The van der Waals surface area contributed by atoms with Crippen molar-refractivity contribution in [2.75, 3.05) is 0 Å². The highest BCUT2D eigenvalue weighted by molar-refractivity contribution is 6.24. The summed E-state index contributed by atoms with van der Waals surface area (Å²) in [5.74, 6) is 7.30. The first kappa shape index (κ1) is 11.8. The maximum atomic E-state index is 7.53. The van der Waals surface area contributed by atoms with Crippen LogP contribution in [0.15, 0.2) is 0 Å². The van der Waals surface area contributed by atoms with Gasteiger partial charge in [0.2, 0.25) is 0 Å². The predicted octanol–water partition coefficient (Wildman–Crippen LogP) is 5.25. The van der Waals surface area contributed by atoms with Gasteiger partial charge in [-0.05, 0) is 111 Å². The van der Waals surface area contributed by atoms with Crippen LogP contribution in [0, 0.1) is 46.8 Å². The van der Waals surface area contributed by atoms with E-state index in [0.29, 0.717) is 5.41 Å². The average Bonchev–Trinajstić information content (AvgIpc) is 2.34. The first-order valence-electron chi connectivity index (χ1n) is 9.36. The zero-order valence-corrected chi connectivity index (χ0v) is 13.2. The highest BCUT2D eigenvalue weighted by atomic mass is 35.5. The maximum absolute atomic E-state index is 7.53. The van der Waals surface area contributed by atoms with Gasteiger partial charge < -0.3 is 0 Å². The third-order valence-electron chi connectivity index (χ3n) is 9.07. The van der Waals surface area contributed by atoms with Gasteiger partial charge in [-0.1, -0.05) is 0 Å². The molecule has 0 amide bonds. The molecule has 0 saturated heterocycles. The Bertz CT molecular complexity index is 411. The summed E-state index contributed by atoms with van der Waals surface area (Å²) in [7, 11) is 0. The lowest BCUT2D eigenvalue weighted by molar-refractivity contribution is -0.223. The molecule has 0 nitrogen and oxygen atoms in total. The molecular weight excluding hydrogens is 264 g/mol. The summed E-state index contributed by atoms with van der Waals surface area (Å²) in [6.45, 7) is 0. The second-order valence-electron chi connectivity index (χ2n) is 9.75. The molecule has 1 spiro atoms. The van der Waals surface area contributed by atoms with Crippen LogP contribution in [0.5, 0.6) is 0 Å². The number of halogens is 1. The molecule has 20 heavy (non-hydrogen) atoms. The molecule has 0 aromatic rings. The fourth-order valence-electron chi connectivity index (χ4n) is 9.37. The number of hydrogen-bond donors (Lipinski definition) is 0. The maximum Gasteiger partial charge on any atom is 0.0516 e. The van der Waals surface area contributed by atoms with Crippen molar-refractivity contribution in [3.05, 3.63) is 0 Å². The van der Waals surface area contributed by atoms with Gasteiger partial charge in [-0.3, -0.25) is 0 Å². The first-order valence-corrected chi connectivity index (χ1v) is 9.74. The normalized spacial score (nSPS) is 69.2. The molecule has 8 bridgehead atoms. The Morgan fingerprint density at radius 1 is 0.550 bits per heavy atom. The van der Waals surface area contributed by atoms with E-state index in [2.05, 4.69) is 0 Å². The van der Waals surface area contributed by atoms with Gasteiger partial charge in [0.05, 0.1) is 4.87 Å². The van der Waals surface area contributed by atoms with Crippen LogP contribution in [0.2, 0.25) is 0 Å². The largest absolute Gasteiger partial charge is 0.119 e. The molecule has 2 atom stereocenters. The Balaban J connectivity index is 1.52. The standard InChI is InChI=1S/C19H27Cl/c20-18-9-13-2-14(10-18)8-17(7-13)19(18)15-3-11-1-12(5-15)6-16(19)4-11/h11-17H,1-10H2. The molecule has 8 aliphatic rings. The summed E-state index contributed by atoms with van der Waals surface area (Å²) < 4.78 is 0. The van der Waals surface area contributed by atoms with Gasteiger partial charge in [0.1, 0.15) is 0 Å². The lowest BCUT2D eigenvalue weighted by atomic mass is 9.32. The van der Waals surface area contributed by atoms with E-state index < -0.39 is 0 Å². The van der Waals surface area contributed by atoms with E-state index in [1.54, 1.807) is 44.9 Å². The summed E-state index contributed by atoms with van der Waals surface area (Å²) in [5.41, 5.74) is 0.607. The fraction of sp³-hybridized carbons (Fsp3) is 1.00. The minimum Gasteiger partial charge on any atom is -0.119 e. The smallest absolute Gasteiger partial charge is 0.0516 e. The molecule has 0 radical (unpaired) electrons. The van der Waals surface area contributed by atoms with Crippen LogP contribution >= 0.6 is 11.6 Å². The van der Waals surface area contributed by atoms with Gasteiger partial charge >= 0.3 is 0 Å². The molecule has 110 valence electrons. The van der Waals surface area contributed by atoms with Crippen molar-refractivity contribution in [3.8, 4) is 0 Å². The highest BCUT2D eigenvalue weighted by Gasteiger charge is 2.72. The van der Waals surface area contributed by atoms with E-state index >= 15 is 0 Å². The summed E-state index contributed by atoms with van der Waals surface area (Å²) >= 11 is 7.53. The van der Waals surface area contributed by atoms with Crippen molar-refractivity contribution in [1.29, 1.82) is 0 Å². The molecule has 8 saturated carbocycles. The molecule has 1 heteroatoms. The molecule has 2 unspecified atom stereocenters. The Hall–Kier alpha value is 0.290. The van der Waals surface area contributed by atoms with Gasteiger partial charge in [0.25, 0.3) is 0 Å². The number of hydrogen-bond acceptors (Lipinski definition) is 0. The quantitative estimate of drug-likeness (QED) is 0.535. The summed E-state index contributed by atoms with van der Waals surface area (Å²) in [6.07, 6.45) is 15.3. The van der Waals surface area contributed by atoms with Crippen molar-refractivity contribution in [3.63, 3.8) is 0 Å². The third-order valence-corrected chi connectivity index (χ3v) is 9.70. The number of alkyl halides is 1. The minimum atomic E-state index is 0.240. The van der Waals surface area contributed by atoms with Gasteiger partial charge in [-0.25, -0.2) is 0 Å². The predicted molar refractivity (Wildman–Crippen MR) is 81.6 cm³/mol. The second-order valence-corrected chi connectivity index (χ2v) is 10.5. The number of rotatable bonds is 0. The van der Waals surface area contributed by atoms with Crippen LogP contribution in [0.3, 0.4) is 0 Å². The Kier molecular flexibility index (Phi) is 2.03. The van der Waals surface area contributed by atoms with Gasteiger partial charge in [0, 0.05) is 0 Å². The topological polar surface area (TPSA) is 0 Å². The monoisotopic (exact) mass is 290 g/mol. The van der Waals surface area contributed by atoms with Gasteiger partial charge in [0.15, 0.2) is 0 Å². The van der Waals surface area contributed by atoms with E-state index in [0.717, 1.165) is 41.4 Å². The Morgan fingerprint density at radius 3 is 1.45 bits per heavy atom. The fourth-order valence-corrected chi connectivity index (χ4v) is 10.3. The summed E-state index contributed by atoms with van der Waals surface area (Å²) in [5, 5.41) is 0. The van der Waals surface area contributed by atoms with Crippen LogP contribution in [-0.4, -0.2) is 4.87 Å². The van der Waals surface area contributed by atoms with Crippen LogP contribution < -0.4 is 0 Å². The van der Waals surface area contributed by atoms with E-state index in [-0.39, 0.29) is 4.87 Å². The lowest BCUT2D eigenvalue weighted by Crippen LogP contribution is -2.71. The SMILES string of the molecule is ClC12CC3CC(CC(C3)C13C1CC4CC(C1)CC3C4)C2. The first-order chi connectivity index (χ1) is 9.67.